The molecule has 0 fully saturated rings. The quantitative estimate of drug-likeness (QED) is 0.586. The summed E-state index contributed by atoms with van der Waals surface area (Å²) < 4.78 is 0. The molecule has 0 amide bonds. The zero-order chi connectivity index (χ0) is 11.8. The van der Waals surface area contributed by atoms with E-state index in [-0.39, 0.29) is 12.8 Å². The van der Waals surface area contributed by atoms with Gasteiger partial charge in [0.15, 0.2) is 0 Å². The second-order valence-corrected chi connectivity index (χ2v) is 3.52. The molecule has 0 unspecified atom stereocenters. The van der Waals surface area contributed by atoms with Gasteiger partial charge in [-0.05, 0) is 6.92 Å². The number of hydrogen-bond donors (Lipinski definition) is 2. The van der Waals surface area contributed by atoms with E-state index in [9.17, 15) is 9.59 Å². The Morgan fingerprint density at radius 2 is 1.53 bits per heavy atom. The van der Waals surface area contributed by atoms with Crippen molar-refractivity contribution in [2.24, 2.45) is 0 Å². The van der Waals surface area contributed by atoms with E-state index in [1.165, 1.54) is 0 Å². The van der Waals surface area contributed by atoms with Crippen LogP contribution in [0.25, 0.3) is 0 Å². The lowest BCUT2D eigenvalue weighted by Gasteiger charge is -2.20. The lowest BCUT2D eigenvalue weighted by atomic mass is 10.2. The monoisotopic (exact) mass is 215 g/mol. The van der Waals surface area contributed by atoms with Crippen LogP contribution in [0.15, 0.2) is 12.2 Å². The van der Waals surface area contributed by atoms with E-state index in [1.54, 1.807) is 4.90 Å². The van der Waals surface area contributed by atoms with Crippen molar-refractivity contribution in [3.8, 4) is 0 Å². The van der Waals surface area contributed by atoms with Crippen LogP contribution in [0.1, 0.15) is 19.8 Å². The normalized spacial score (nSPS) is 10.3. The fourth-order valence-corrected chi connectivity index (χ4v) is 1.16. The van der Waals surface area contributed by atoms with Crippen molar-refractivity contribution in [2.45, 2.75) is 19.8 Å². The van der Waals surface area contributed by atoms with Crippen LogP contribution in [0.3, 0.4) is 0 Å². The average Bonchev–Trinajstić information content (AvgIpc) is 2.08. The Bertz CT molecular complexity index is 232. The first-order valence-corrected chi connectivity index (χ1v) is 4.72. The standard InChI is InChI=1S/C10H17NO4/c1-8(2)7-11(5-3-9(12)13)6-4-10(14)15/h1,3-7H2,2H3,(H,12,13)(H,14,15). The molecule has 0 aromatic carbocycles. The Morgan fingerprint density at radius 1 is 1.13 bits per heavy atom. The van der Waals surface area contributed by atoms with Crippen LogP contribution in [0.2, 0.25) is 0 Å². The van der Waals surface area contributed by atoms with Gasteiger partial charge >= 0.3 is 11.9 Å². The summed E-state index contributed by atoms with van der Waals surface area (Å²) in [6, 6.07) is 0. The summed E-state index contributed by atoms with van der Waals surface area (Å²) in [5.41, 5.74) is 0.894. The lowest BCUT2D eigenvalue weighted by molar-refractivity contribution is -0.137. The van der Waals surface area contributed by atoms with Gasteiger partial charge in [-0.3, -0.25) is 14.5 Å². The molecular weight excluding hydrogens is 198 g/mol. The molecule has 0 bridgehead atoms. The second kappa shape index (κ2) is 7.00. The molecule has 0 rings (SSSR count). The van der Waals surface area contributed by atoms with Gasteiger partial charge in [-0.2, -0.15) is 0 Å². The molecule has 0 aliphatic carbocycles. The van der Waals surface area contributed by atoms with Gasteiger partial charge < -0.3 is 10.2 Å². The Balaban J connectivity index is 3.99. The SMILES string of the molecule is C=C(C)CN(CCC(=O)O)CCC(=O)O. The minimum absolute atomic E-state index is 0.0207. The molecule has 0 aliphatic heterocycles. The smallest absolute Gasteiger partial charge is 0.304 e. The molecule has 5 heteroatoms. The van der Waals surface area contributed by atoms with Gasteiger partial charge in [-0.1, -0.05) is 12.2 Å². The maximum Gasteiger partial charge on any atom is 0.304 e. The van der Waals surface area contributed by atoms with Gasteiger partial charge in [-0.25, -0.2) is 0 Å². The first-order chi connectivity index (χ1) is 6.91. The summed E-state index contributed by atoms with van der Waals surface area (Å²) in [6.07, 6.45) is 0.0415. The molecule has 0 spiro atoms. The lowest BCUT2D eigenvalue weighted by Crippen LogP contribution is -2.30. The maximum atomic E-state index is 10.4. The van der Waals surface area contributed by atoms with Crippen LogP contribution >= 0.6 is 0 Å². The molecule has 86 valence electrons. The number of carboxylic acid groups (broad SMARTS) is 2. The fourth-order valence-electron chi connectivity index (χ4n) is 1.16. The van der Waals surface area contributed by atoms with Gasteiger partial charge in [0.05, 0.1) is 12.8 Å². The van der Waals surface area contributed by atoms with Crippen LogP contribution in [-0.4, -0.2) is 46.7 Å². The first kappa shape index (κ1) is 13.6. The summed E-state index contributed by atoms with van der Waals surface area (Å²) in [5.74, 6) is -1.76. The first-order valence-electron chi connectivity index (χ1n) is 4.72. The van der Waals surface area contributed by atoms with Crippen molar-refractivity contribution in [3.05, 3.63) is 12.2 Å². The minimum Gasteiger partial charge on any atom is -0.481 e. The van der Waals surface area contributed by atoms with Gasteiger partial charge in [0.1, 0.15) is 0 Å². The Kier molecular flexibility index (Phi) is 6.37. The molecule has 0 radical (unpaired) electrons. The number of nitrogens with zero attached hydrogens (tertiary/aromatic N) is 1. The van der Waals surface area contributed by atoms with E-state index in [0.717, 1.165) is 5.57 Å². The summed E-state index contributed by atoms with van der Waals surface area (Å²) in [5, 5.41) is 17.0. The summed E-state index contributed by atoms with van der Waals surface area (Å²) >= 11 is 0. The van der Waals surface area contributed by atoms with Gasteiger partial charge in [0, 0.05) is 19.6 Å². The third-order valence-electron chi connectivity index (χ3n) is 1.78. The number of carbonyl (C=O) groups is 2. The van der Waals surface area contributed by atoms with E-state index in [4.69, 9.17) is 10.2 Å². The molecule has 0 aromatic rings. The molecule has 0 saturated carbocycles. The van der Waals surface area contributed by atoms with E-state index in [0.29, 0.717) is 19.6 Å². The highest BCUT2D eigenvalue weighted by atomic mass is 16.4. The van der Waals surface area contributed by atoms with Crippen LogP contribution in [0.4, 0.5) is 0 Å². The van der Waals surface area contributed by atoms with Crippen molar-refractivity contribution >= 4 is 11.9 Å². The average molecular weight is 215 g/mol. The van der Waals surface area contributed by atoms with Crippen molar-refractivity contribution in [2.75, 3.05) is 19.6 Å². The topological polar surface area (TPSA) is 77.8 Å². The number of rotatable bonds is 8. The van der Waals surface area contributed by atoms with Crippen LogP contribution < -0.4 is 0 Å². The Hall–Kier alpha value is -1.36. The summed E-state index contributed by atoms with van der Waals surface area (Å²) in [4.78, 5) is 22.5. The molecular formula is C10H17NO4. The molecule has 5 nitrogen and oxygen atoms in total. The molecule has 0 atom stereocenters. The maximum absolute atomic E-state index is 10.4. The zero-order valence-corrected chi connectivity index (χ0v) is 8.90. The highest BCUT2D eigenvalue weighted by Crippen LogP contribution is 1.99. The highest BCUT2D eigenvalue weighted by Gasteiger charge is 2.09. The van der Waals surface area contributed by atoms with Crippen LogP contribution in [-0.2, 0) is 9.59 Å². The van der Waals surface area contributed by atoms with Crippen molar-refractivity contribution < 1.29 is 19.8 Å². The number of hydrogen-bond acceptors (Lipinski definition) is 3. The summed E-state index contributed by atoms with van der Waals surface area (Å²) in [7, 11) is 0. The van der Waals surface area contributed by atoms with Gasteiger partial charge in [0.25, 0.3) is 0 Å². The number of aliphatic carboxylic acids is 2. The molecule has 0 aliphatic rings. The second-order valence-electron chi connectivity index (χ2n) is 3.52. The van der Waals surface area contributed by atoms with E-state index in [2.05, 4.69) is 6.58 Å². The predicted octanol–water partition coefficient (Wildman–Crippen LogP) is 0.814. The Morgan fingerprint density at radius 3 is 1.80 bits per heavy atom. The number of carboxylic acids is 2. The van der Waals surface area contributed by atoms with Gasteiger partial charge in [-0.15, -0.1) is 0 Å². The zero-order valence-electron chi connectivity index (χ0n) is 8.90. The molecule has 15 heavy (non-hydrogen) atoms. The third kappa shape index (κ3) is 8.96. The van der Waals surface area contributed by atoms with Crippen molar-refractivity contribution in [3.63, 3.8) is 0 Å². The predicted molar refractivity (Wildman–Crippen MR) is 55.8 cm³/mol. The molecule has 0 aromatic heterocycles. The molecule has 0 saturated heterocycles. The largest absolute Gasteiger partial charge is 0.481 e. The third-order valence-corrected chi connectivity index (χ3v) is 1.78. The fraction of sp³-hybridized carbons (Fsp3) is 0.600. The van der Waals surface area contributed by atoms with E-state index in [1.807, 2.05) is 6.92 Å². The molecule has 2 N–H and O–H groups in total. The molecule has 0 heterocycles. The van der Waals surface area contributed by atoms with E-state index >= 15 is 0 Å². The van der Waals surface area contributed by atoms with Crippen molar-refractivity contribution in [1.82, 2.24) is 4.90 Å². The van der Waals surface area contributed by atoms with E-state index < -0.39 is 11.9 Å². The van der Waals surface area contributed by atoms with Crippen LogP contribution in [0, 0.1) is 0 Å². The van der Waals surface area contributed by atoms with Gasteiger partial charge in [0.2, 0.25) is 0 Å². The summed E-state index contributed by atoms with van der Waals surface area (Å²) in [6.45, 7) is 6.80. The Labute approximate surface area is 89.0 Å². The minimum atomic E-state index is -0.878. The highest BCUT2D eigenvalue weighted by molar-refractivity contribution is 5.67. The van der Waals surface area contributed by atoms with Crippen LogP contribution in [0.5, 0.6) is 0 Å². The van der Waals surface area contributed by atoms with Crippen molar-refractivity contribution in [1.29, 1.82) is 0 Å².